The number of aryl methyl sites for hydroxylation is 2. The number of aromatic nitrogens is 1. The van der Waals surface area contributed by atoms with Gasteiger partial charge in [0.2, 0.25) is 5.88 Å². The monoisotopic (exact) mass is 330 g/mol. The fraction of sp³-hybridized carbons (Fsp3) is 0.353. The first kappa shape index (κ1) is 16.0. The largest absolute Gasteiger partial charge is 0.480 e. The predicted octanol–water partition coefficient (Wildman–Crippen LogP) is 1.60. The second-order valence-corrected chi connectivity index (χ2v) is 5.65. The molecule has 2 aromatic heterocycles. The molecule has 0 aliphatic heterocycles. The lowest BCUT2D eigenvalue weighted by Crippen LogP contribution is -2.42. The Morgan fingerprint density at radius 1 is 1.46 bits per heavy atom. The van der Waals surface area contributed by atoms with Crippen molar-refractivity contribution in [2.75, 3.05) is 7.11 Å². The van der Waals surface area contributed by atoms with Gasteiger partial charge in [-0.15, -0.1) is 0 Å². The third-order valence-electron chi connectivity index (χ3n) is 4.04. The highest BCUT2D eigenvalue weighted by molar-refractivity contribution is 5.98. The van der Waals surface area contributed by atoms with Gasteiger partial charge in [0.25, 0.3) is 5.91 Å². The fourth-order valence-corrected chi connectivity index (χ4v) is 2.84. The summed E-state index contributed by atoms with van der Waals surface area (Å²) in [5, 5.41) is 11.9. The number of hydrogen-bond acceptors (Lipinski definition) is 5. The lowest BCUT2D eigenvalue weighted by atomic mass is 10.1. The van der Waals surface area contributed by atoms with Gasteiger partial charge in [0.15, 0.2) is 0 Å². The molecule has 0 saturated heterocycles. The van der Waals surface area contributed by atoms with E-state index in [-0.39, 0.29) is 17.9 Å². The van der Waals surface area contributed by atoms with Crippen LogP contribution in [0.5, 0.6) is 5.88 Å². The van der Waals surface area contributed by atoms with Gasteiger partial charge < -0.3 is 19.6 Å². The van der Waals surface area contributed by atoms with E-state index in [0.717, 1.165) is 30.5 Å². The fourth-order valence-electron chi connectivity index (χ4n) is 2.84. The van der Waals surface area contributed by atoms with E-state index in [1.165, 1.54) is 13.4 Å². The zero-order chi connectivity index (χ0) is 17.1. The van der Waals surface area contributed by atoms with Crippen LogP contribution in [0.4, 0.5) is 0 Å². The molecule has 2 heterocycles. The molecule has 0 spiro atoms. The molecule has 2 N–H and O–H groups in total. The summed E-state index contributed by atoms with van der Waals surface area (Å²) in [7, 11) is 1.44. The lowest BCUT2D eigenvalue weighted by molar-refractivity contribution is -0.139. The first-order valence-electron chi connectivity index (χ1n) is 7.71. The van der Waals surface area contributed by atoms with Gasteiger partial charge in [0, 0.05) is 12.1 Å². The van der Waals surface area contributed by atoms with E-state index in [4.69, 9.17) is 9.15 Å². The molecular formula is C17H18N2O5. The van der Waals surface area contributed by atoms with Crippen molar-refractivity contribution >= 4 is 11.9 Å². The molecule has 2 aromatic rings. The summed E-state index contributed by atoms with van der Waals surface area (Å²) in [5.41, 5.74) is 2.21. The summed E-state index contributed by atoms with van der Waals surface area (Å²) in [6.45, 7) is 0. The average Bonchev–Trinajstić information content (AvgIpc) is 3.23. The minimum atomic E-state index is -1.13. The Balaban J connectivity index is 1.81. The van der Waals surface area contributed by atoms with Crippen molar-refractivity contribution in [2.45, 2.75) is 31.7 Å². The molecule has 0 radical (unpaired) electrons. The van der Waals surface area contributed by atoms with E-state index in [1.54, 1.807) is 18.2 Å². The first-order valence-corrected chi connectivity index (χ1v) is 7.71. The van der Waals surface area contributed by atoms with Crippen molar-refractivity contribution in [3.05, 3.63) is 47.0 Å². The van der Waals surface area contributed by atoms with E-state index >= 15 is 0 Å². The van der Waals surface area contributed by atoms with Gasteiger partial charge >= 0.3 is 5.97 Å². The van der Waals surface area contributed by atoms with Crippen molar-refractivity contribution in [2.24, 2.45) is 0 Å². The number of carbonyl (C=O) groups excluding carboxylic acids is 1. The maximum atomic E-state index is 12.5. The molecule has 1 atom stereocenters. The quantitative estimate of drug-likeness (QED) is 0.834. The number of carboxylic acids is 1. The topological polar surface area (TPSA) is 102 Å². The number of nitrogens with zero attached hydrogens (tertiary/aromatic N) is 1. The van der Waals surface area contributed by atoms with Crippen molar-refractivity contribution in [1.29, 1.82) is 0 Å². The number of amides is 1. The molecule has 0 bridgehead atoms. The highest BCUT2D eigenvalue weighted by atomic mass is 16.5. The molecule has 24 heavy (non-hydrogen) atoms. The zero-order valence-corrected chi connectivity index (χ0v) is 13.2. The normalized spacial score (nSPS) is 14.0. The molecule has 7 nitrogen and oxygen atoms in total. The van der Waals surface area contributed by atoms with Crippen LogP contribution in [0.15, 0.2) is 28.9 Å². The molecule has 0 fully saturated rings. The molecule has 1 aliphatic rings. The van der Waals surface area contributed by atoms with Gasteiger partial charge in [-0.25, -0.2) is 9.78 Å². The highest BCUT2D eigenvalue weighted by Crippen LogP contribution is 2.26. The Kier molecular flexibility index (Phi) is 4.50. The number of aliphatic carboxylic acids is 1. The molecule has 1 amide bonds. The minimum absolute atomic E-state index is 0.0642. The molecule has 0 saturated carbocycles. The number of furan rings is 1. The van der Waals surface area contributed by atoms with Crippen LogP contribution in [0.3, 0.4) is 0 Å². The molecule has 0 unspecified atom stereocenters. The Bertz CT molecular complexity index is 755. The number of carbonyl (C=O) groups is 2. The van der Waals surface area contributed by atoms with E-state index in [9.17, 15) is 14.7 Å². The number of carboxylic acid groups (broad SMARTS) is 1. The van der Waals surface area contributed by atoms with Crippen LogP contribution in [-0.2, 0) is 24.1 Å². The van der Waals surface area contributed by atoms with Gasteiger partial charge in [0.1, 0.15) is 17.4 Å². The maximum Gasteiger partial charge on any atom is 0.326 e. The minimum Gasteiger partial charge on any atom is -0.480 e. The van der Waals surface area contributed by atoms with E-state index < -0.39 is 17.9 Å². The maximum absolute atomic E-state index is 12.5. The number of hydrogen-bond donors (Lipinski definition) is 2. The van der Waals surface area contributed by atoms with Crippen LogP contribution < -0.4 is 10.1 Å². The van der Waals surface area contributed by atoms with E-state index in [1.807, 2.05) is 0 Å². The van der Waals surface area contributed by atoms with Gasteiger partial charge in [0.05, 0.1) is 13.4 Å². The number of methoxy groups -OCH3 is 1. The molecule has 7 heteroatoms. The van der Waals surface area contributed by atoms with Crippen LogP contribution in [-0.4, -0.2) is 35.1 Å². The summed E-state index contributed by atoms with van der Waals surface area (Å²) in [4.78, 5) is 28.3. The van der Waals surface area contributed by atoms with Crippen molar-refractivity contribution in [3.63, 3.8) is 0 Å². The van der Waals surface area contributed by atoms with Crippen molar-refractivity contribution < 1.29 is 23.8 Å². The van der Waals surface area contributed by atoms with Crippen molar-refractivity contribution in [3.8, 4) is 5.88 Å². The summed E-state index contributed by atoms with van der Waals surface area (Å²) >= 11 is 0. The van der Waals surface area contributed by atoms with E-state index in [0.29, 0.717) is 5.76 Å². The van der Waals surface area contributed by atoms with Crippen LogP contribution in [0.2, 0.25) is 0 Å². The Hall–Kier alpha value is -2.83. The third-order valence-corrected chi connectivity index (χ3v) is 4.04. The third kappa shape index (κ3) is 3.24. The summed E-state index contributed by atoms with van der Waals surface area (Å²) in [5.74, 6) is -0.946. The molecule has 3 rings (SSSR count). The molecule has 1 aliphatic carbocycles. The van der Waals surface area contributed by atoms with Gasteiger partial charge in [-0.05, 0) is 43.0 Å². The van der Waals surface area contributed by atoms with Gasteiger partial charge in [-0.3, -0.25) is 4.79 Å². The van der Waals surface area contributed by atoms with Gasteiger partial charge in [-0.1, -0.05) is 0 Å². The SMILES string of the molecule is COc1nc2c(cc1C(=O)N[C@H](Cc1ccco1)C(=O)O)CCC2. The Morgan fingerprint density at radius 2 is 2.29 bits per heavy atom. The Morgan fingerprint density at radius 3 is 2.96 bits per heavy atom. The number of rotatable bonds is 6. The Labute approximate surface area is 138 Å². The highest BCUT2D eigenvalue weighted by Gasteiger charge is 2.26. The average molecular weight is 330 g/mol. The van der Waals surface area contributed by atoms with Crippen molar-refractivity contribution in [1.82, 2.24) is 10.3 Å². The van der Waals surface area contributed by atoms with E-state index in [2.05, 4.69) is 10.3 Å². The molecule has 126 valence electrons. The first-order chi connectivity index (χ1) is 11.6. The second kappa shape index (κ2) is 6.74. The molecular weight excluding hydrogens is 312 g/mol. The summed E-state index contributed by atoms with van der Waals surface area (Å²) < 4.78 is 10.4. The number of pyridine rings is 1. The molecule has 0 aromatic carbocycles. The van der Waals surface area contributed by atoms with Crippen LogP contribution >= 0.6 is 0 Å². The van der Waals surface area contributed by atoms with Crippen LogP contribution in [0.25, 0.3) is 0 Å². The van der Waals surface area contributed by atoms with Crippen LogP contribution in [0.1, 0.15) is 33.8 Å². The standard InChI is InChI=1S/C17H18N2O5/c1-23-16-12(8-10-4-2-6-13(10)19-16)15(20)18-14(17(21)22)9-11-5-3-7-24-11/h3,5,7-8,14H,2,4,6,9H2,1H3,(H,18,20)(H,21,22)/t14-/m1/s1. The number of ether oxygens (including phenoxy) is 1. The number of fused-ring (bicyclic) bond motifs is 1. The summed E-state index contributed by atoms with van der Waals surface area (Å²) in [6.07, 6.45) is 4.25. The lowest BCUT2D eigenvalue weighted by Gasteiger charge is -2.15. The number of nitrogens with one attached hydrogen (secondary N) is 1. The second-order valence-electron chi connectivity index (χ2n) is 5.65. The smallest absolute Gasteiger partial charge is 0.326 e. The zero-order valence-electron chi connectivity index (χ0n) is 13.2. The van der Waals surface area contributed by atoms with Crippen LogP contribution in [0, 0.1) is 0 Å². The predicted molar refractivity (Wildman–Crippen MR) is 84.1 cm³/mol. The van der Waals surface area contributed by atoms with Gasteiger partial charge in [-0.2, -0.15) is 0 Å². The summed E-state index contributed by atoms with van der Waals surface area (Å²) in [6, 6.07) is 3.99.